The predicted molar refractivity (Wildman–Crippen MR) is 111 cm³/mol. The molecule has 0 aliphatic carbocycles. The normalized spacial score (nSPS) is 18.9. The van der Waals surface area contributed by atoms with Crippen LogP contribution in [0.5, 0.6) is 0 Å². The molecule has 2 fully saturated rings. The van der Waals surface area contributed by atoms with Gasteiger partial charge in [0.25, 0.3) is 5.91 Å². The maximum atomic E-state index is 12.7. The van der Waals surface area contributed by atoms with E-state index in [4.69, 9.17) is 0 Å². The van der Waals surface area contributed by atoms with Crippen molar-refractivity contribution in [3.63, 3.8) is 0 Å². The first-order valence-electron chi connectivity index (χ1n) is 10.2. The second-order valence-corrected chi connectivity index (χ2v) is 8.07. The van der Waals surface area contributed by atoms with Crippen LogP contribution >= 0.6 is 0 Å². The summed E-state index contributed by atoms with van der Waals surface area (Å²) in [6.45, 7) is 9.59. The van der Waals surface area contributed by atoms with E-state index in [0.717, 1.165) is 37.8 Å². The fraction of sp³-hybridized carbons (Fsp3) is 0.609. The molecule has 0 saturated carbocycles. The van der Waals surface area contributed by atoms with Crippen LogP contribution in [0.3, 0.4) is 0 Å². The Balaban J connectivity index is 0.00000196. The molecule has 4 nitrogen and oxygen atoms in total. The van der Waals surface area contributed by atoms with Crippen molar-refractivity contribution >= 4 is 11.7 Å². The average molecular weight is 460 g/mol. The number of Topliss-reactive ketones (excluding diaryl/α,β-unsaturated/α-hetero) is 1. The quantitative estimate of drug-likeness (QED) is 0.486. The monoisotopic (exact) mass is 460 g/mol. The molecule has 28 heavy (non-hydrogen) atoms. The van der Waals surface area contributed by atoms with E-state index in [2.05, 4.69) is 11.8 Å². The molecule has 1 radical (unpaired) electrons. The Bertz CT molecular complexity index is 616. The van der Waals surface area contributed by atoms with Crippen molar-refractivity contribution in [2.24, 2.45) is 11.8 Å². The fourth-order valence-corrected chi connectivity index (χ4v) is 4.11. The Kier molecular flexibility index (Phi) is 11.1. The van der Waals surface area contributed by atoms with E-state index in [0.29, 0.717) is 17.5 Å². The van der Waals surface area contributed by atoms with Crippen LogP contribution in [0, 0.1) is 19.3 Å². The Morgan fingerprint density at radius 3 is 2.00 bits per heavy atom. The molecule has 1 amide bonds. The summed E-state index contributed by atoms with van der Waals surface area (Å²) in [6.07, 6.45) is 5.35. The van der Waals surface area contributed by atoms with Crippen LogP contribution in [0.2, 0.25) is 0 Å². The van der Waals surface area contributed by atoms with Crippen LogP contribution in [0.25, 0.3) is 0 Å². The van der Waals surface area contributed by atoms with Gasteiger partial charge < -0.3 is 17.2 Å². The minimum atomic E-state index is 0. The zero-order valence-corrected chi connectivity index (χ0v) is 20.7. The summed E-state index contributed by atoms with van der Waals surface area (Å²) in [5.41, 5.74) is 1.39. The molecule has 2 saturated heterocycles. The largest absolute Gasteiger partial charge is 0.358 e. The molecule has 153 valence electrons. The van der Waals surface area contributed by atoms with Gasteiger partial charge in [-0.2, -0.15) is 0 Å². The third-order valence-electron chi connectivity index (χ3n) is 6.07. The number of hydrogen-bond donors (Lipinski definition) is 0. The number of hydrogen-bond acceptors (Lipinski definition) is 3. The topological polar surface area (TPSA) is 40.6 Å². The van der Waals surface area contributed by atoms with Crippen LogP contribution in [-0.4, -0.2) is 54.2 Å². The van der Waals surface area contributed by atoms with Gasteiger partial charge in [0.1, 0.15) is 0 Å². The van der Waals surface area contributed by atoms with E-state index < -0.39 is 0 Å². The summed E-state index contributed by atoms with van der Waals surface area (Å²) in [7, 11) is 0. The molecular weight excluding hydrogens is 425 g/mol. The maximum Gasteiger partial charge on any atom is 0.253 e. The third-order valence-corrected chi connectivity index (χ3v) is 6.07. The Morgan fingerprint density at radius 2 is 1.46 bits per heavy atom. The van der Waals surface area contributed by atoms with Gasteiger partial charge in [0.05, 0.1) is 0 Å². The summed E-state index contributed by atoms with van der Waals surface area (Å²) in [6, 6.07) is 7.16. The fourth-order valence-electron chi connectivity index (χ4n) is 4.11. The van der Waals surface area contributed by atoms with Crippen LogP contribution in [0.4, 0.5) is 0 Å². The number of ketones is 1. The van der Waals surface area contributed by atoms with Crippen LogP contribution in [0.15, 0.2) is 24.3 Å². The molecule has 0 atom stereocenters. The van der Waals surface area contributed by atoms with Crippen molar-refractivity contribution in [3.05, 3.63) is 42.8 Å². The number of rotatable bonds is 5. The second-order valence-electron chi connectivity index (χ2n) is 8.07. The molecule has 0 bridgehead atoms. The number of piperidine rings is 2. The molecule has 5 heteroatoms. The predicted octanol–water partition coefficient (Wildman–Crippen LogP) is 4.31. The Hall–Kier alpha value is -0.576. The number of benzene rings is 1. The molecule has 0 unspecified atom stereocenters. The first-order valence-corrected chi connectivity index (χ1v) is 10.2. The van der Waals surface area contributed by atoms with Crippen LogP contribution in [-0.2, 0) is 32.7 Å². The van der Waals surface area contributed by atoms with Gasteiger partial charge in [0, 0.05) is 69.9 Å². The van der Waals surface area contributed by atoms with Crippen LogP contribution < -0.4 is 0 Å². The van der Waals surface area contributed by atoms with Crippen molar-refractivity contribution in [2.45, 2.75) is 46.0 Å². The molecule has 2 heterocycles. The van der Waals surface area contributed by atoms with Crippen molar-refractivity contribution in [2.75, 3.05) is 32.7 Å². The first kappa shape index (κ1) is 25.5. The summed E-state index contributed by atoms with van der Waals surface area (Å²) in [4.78, 5) is 29.0. The molecule has 1 aromatic rings. The number of carbonyl (C=O) groups excluding carboxylic acids is 2. The van der Waals surface area contributed by atoms with E-state index in [1.54, 1.807) is 24.3 Å². The van der Waals surface area contributed by atoms with E-state index in [1.165, 1.54) is 32.5 Å². The molecule has 0 N–H and O–H groups in total. The summed E-state index contributed by atoms with van der Waals surface area (Å²) >= 11 is 0. The van der Waals surface area contributed by atoms with Crippen molar-refractivity contribution in [1.82, 2.24) is 9.80 Å². The maximum absolute atomic E-state index is 12.7. The molecular formula is C23H35N2O2Y-. The van der Waals surface area contributed by atoms with Gasteiger partial charge in [0.15, 0.2) is 5.78 Å². The molecule has 0 spiro atoms. The Labute approximate surface area is 196 Å². The van der Waals surface area contributed by atoms with Gasteiger partial charge in [-0.05, 0) is 62.7 Å². The summed E-state index contributed by atoms with van der Waals surface area (Å²) in [5.74, 6) is 1.82. The standard InChI is InChI=1S/C22H32N2O2.CH3.Y/c1-3-21(25)19-4-6-20(7-5-19)22(26)24-14-10-18(11-15-24)16-23-12-8-17(2)9-13-23;;/h4-7,17-18H,3,8-16H2,1-2H3;1H3;/q;-1;. The van der Waals surface area contributed by atoms with E-state index >= 15 is 0 Å². The first-order chi connectivity index (χ1) is 12.6. The van der Waals surface area contributed by atoms with Gasteiger partial charge in [-0.3, -0.25) is 9.59 Å². The Morgan fingerprint density at radius 1 is 0.929 bits per heavy atom. The van der Waals surface area contributed by atoms with Crippen molar-refractivity contribution in [3.8, 4) is 0 Å². The third kappa shape index (κ3) is 6.74. The number of likely N-dealkylation sites (tertiary alicyclic amines) is 2. The van der Waals surface area contributed by atoms with E-state index in [-0.39, 0.29) is 51.8 Å². The van der Waals surface area contributed by atoms with Crippen molar-refractivity contribution < 1.29 is 42.3 Å². The number of amides is 1. The zero-order chi connectivity index (χ0) is 18.5. The van der Waals surface area contributed by atoms with Gasteiger partial charge in [0.2, 0.25) is 0 Å². The van der Waals surface area contributed by atoms with Gasteiger partial charge in [-0.1, -0.05) is 26.0 Å². The number of carbonyl (C=O) groups is 2. The SMILES string of the molecule is CCC(=O)c1ccc(C(=O)N2CCC(CN3CCC(C)CC3)CC2)cc1.[CH3-].[Y]. The smallest absolute Gasteiger partial charge is 0.253 e. The zero-order valence-electron chi connectivity index (χ0n) is 17.8. The second kappa shape index (κ2) is 12.2. The number of nitrogens with zero attached hydrogens (tertiary/aromatic N) is 2. The molecule has 2 aliphatic heterocycles. The van der Waals surface area contributed by atoms with Crippen molar-refractivity contribution in [1.29, 1.82) is 0 Å². The van der Waals surface area contributed by atoms with E-state index in [1.807, 2.05) is 11.8 Å². The van der Waals surface area contributed by atoms with Crippen LogP contribution in [0.1, 0.15) is 66.7 Å². The van der Waals surface area contributed by atoms with Gasteiger partial charge in [-0.25, -0.2) is 0 Å². The minimum absolute atomic E-state index is 0. The van der Waals surface area contributed by atoms with Gasteiger partial charge in [-0.15, -0.1) is 0 Å². The summed E-state index contributed by atoms with van der Waals surface area (Å²) < 4.78 is 0. The average Bonchev–Trinajstić information content (AvgIpc) is 2.69. The molecule has 3 rings (SSSR count). The van der Waals surface area contributed by atoms with Gasteiger partial charge >= 0.3 is 0 Å². The van der Waals surface area contributed by atoms with E-state index in [9.17, 15) is 9.59 Å². The molecule has 1 aromatic carbocycles. The molecule has 2 aliphatic rings. The minimum Gasteiger partial charge on any atom is -0.358 e. The summed E-state index contributed by atoms with van der Waals surface area (Å²) in [5, 5.41) is 0. The molecule has 0 aromatic heterocycles.